The van der Waals surface area contributed by atoms with Crippen molar-refractivity contribution in [1.29, 1.82) is 0 Å². The minimum atomic E-state index is -0.610. The summed E-state index contributed by atoms with van der Waals surface area (Å²) in [6.07, 6.45) is 4.65. The Kier molecular flexibility index (Phi) is 5.15. The maximum absolute atomic E-state index is 12.7. The van der Waals surface area contributed by atoms with Crippen LogP contribution in [0.25, 0.3) is 0 Å². The highest BCUT2D eigenvalue weighted by atomic mass is 16.6. The molecule has 1 aliphatic carbocycles. The number of carbonyl (C=O) groups is 3. The zero-order valence-corrected chi connectivity index (χ0v) is 15.9. The molecule has 1 atom stereocenters. The normalized spacial score (nSPS) is 23.6. The van der Waals surface area contributed by atoms with Crippen LogP contribution < -0.4 is 5.32 Å². The molecule has 28 heavy (non-hydrogen) atoms. The number of nitrogens with one attached hydrogen (secondary N) is 1. The van der Waals surface area contributed by atoms with Gasteiger partial charge in [0.05, 0.1) is 24.6 Å². The van der Waals surface area contributed by atoms with Crippen LogP contribution in [0.4, 0.5) is 0 Å². The Balaban J connectivity index is 1.36. The van der Waals surface area contributed by atoms with E-state index in [1.807, 2.05) is 30.3 Å². The highest BCUT2D eigenvalue weighted by Crippen LogP contribution is 2.45. The van der Waals surface area contributed by atoms with E-state index in [2.05, 4.69) is 10.4 Å². The maximum atomic E-state index is 12.7. The summed E-state index contributed by atoms with van der Waals surface area (Å²) < 4.78 is 5.53. The largest absolute Gasteiger partial charge is 0.458 e. The van der Waals surface area contributed by atoms with Gasteiger partial charge in [0.15, 0.2) is 0 Å². The Morgan fingerprint density at radius 2 is 1.93 bits per heavy atom. The van der Waals surface area contributed by atoms with Crippen LogP contribution in [0.1, 0.15) is 50.5 Å². The van der Waals surface area contributed by atoms with E-state index in [1.165, 1.54) is 5.01 Å². The molecular weight excluding hydrogens is 358 g/mol. The molecule has 1 N–H and O–H groups in total. The number of hydrazone groups is 1. The second-order valence-corrected chi connectivity index (χ2v) is 7.72. The first-order valence-electron chi connectivity index (χ1n) is 10.0. The molecule has 1 aromatic carbocycles. The van der Waals surface area contributed by atoms with Crippen LogP contribution in [0, 0.1) is 5.92 Å². The smallest absolute Gasteiger partial charge is 0.307 e. The number of rotatable bonds is 5. The van der Waals surface area contributed by atoms with Gasteiger partial charge in [-0.25, -0.2) is 5.01 Å². The van der Waals surface area contributed by atoms with Crippen molar-refractivity contribution in [2.24, 2.45) is 11.0 Å². The number of hydrogen-bond donors (Lipinski definition) is 1. The first-order valence-corrected chi connectivity index (χ1v) is 10.0. The highest BCUT2D eigenvalue weighted by molar-refractivity contribution is 6.04. The molecule has 148 valence electrons. The molecule has 4 rings (SSSR count). The minimum Gasteiger partial charge on any atom is -0.458 e. The fraction of sp³-hybridized carbons (Fsp3) is 0.524. The van der Waals surface area contributed by atoms with E-state index in [4.69, 9.17) is 4.74 Å². The van der Waals surface area contributed by atoms with Gasteiger partial charge in [-0.15, -0.1) is 0 Å². The van der Waals surface area contributed by atoms with Crippen LogP contribution in [0.5, 0.6) is 0 Å². The molecule has 2 heterocycles. The summed E-state index contributed by atoms with van der Waals surface area (Å²) in [4.78, 5) is 36.7. The van der Waals surface area contributed by atoms with E-state index in [0.29, 0.717) is 25.9 Å². The number of amides is 2. The van der Waals surface area contributed by atoms with Gasteiger partial charge >= 0.3 is 5.97 Å². The maximum Gasteiger partial charge on any atom is 0.307 e. The van der Waals surface area contributed by atoms with Crippen LogP contribution in [-0.4, -0.2) is 47.2 Å². The summed E-state index contributed by atoms with van der Waals surface area (Å²) in [6, 6.07) is 9.80. The Morgan fingerprint density at radius 1 is 1.18 bits per heavy atom. The molecule has 2 amide bonds. The molecule has 2 aliphatic heterocycles. The van der Waals surface area contributed by atoms with Crippen molar-refractivity contribution in [2.75, 3.05) is 13.1 Å². The predicted molar refractivity (Wildman–Crippen MR) is 102 cm³/mol. The Labute approximate surface area is 164 Å². The quantitative estimate of drug-likeness (QED) is 0.788. The highest BCUT2D eigenvalue weighted by Gasteiger charge is 2.53. The lowest BCUT2D eigenvalue weighted by Gasteiger charge is -2.28. The van der Waals surface area contributed by atoms with Gasteiger partial charge in [0.1, 0.15) is 5.60 Å². The lowest BCUT2D eigenvalue weighted by atomic mass is 9.85. The van der Waals surface area contributed by atoms with Crippen molar-refractivity contribution in [3.63, 3.8) is 0 Å². The molecule has 3 aliphatic rings. The summed E-state index contributed by atoms with van der Waals surface area (Å²) in [6.45, 7) is 0.617. The second kappa shape index (κ2) is 7.73. The van der Waals surface area contributed by atoms with Crippen molar-refractivity contribution in [1.82, 2.24) is 10.3 Å². The summed E-state index contributed by atoms with van der Waals surface area (Å²) in [5.41, 5.74) is 1.28. The number of carbonyl (C=O) groups excluding carboxylic acids is 3. The van der Waals surface area contributed by atoms with Crippen molar-refractivity contribution in [2.45, 2.75) is 50.5 Å². The molecule has 0 radical (unpaired) electrons. The number of esters is 1. The number of nitrogens with zero attached hydrogens (tertiary/aromatic N) is 2. The van der Waals surface area contributed by atoms with Crippen LogP contribution in [-0.2, 0) is 19.1 Å². The van der Waals surface area contributed by atoms with Gasteiger partial charge in [0, 0.05) is 19.4 Å². The minimum absolute atomic E-state index is 0.0411. The standard InChI is InChI=1S/C21H25N3O4/c25-18-9-8-17(15-6-2-1-3-7-15)23-24(18)13-12-22-20(27)16-14-19(26)28-21(16)10-4-5-11-21/h1-3,6-7,16H,4-5,8-14H2,(H,22,27). The molecule has 1 spiro atoms. The summed E-state index contributed by atoms with van der Waals surface area (Å²) in [5, 5.41) is 8.80. The van der Waals surface area contributed by atoms with Crippen LogP contribution in [0.3, 0.4) is 0 Å². The molecule has 0 aromatic heterocycles. The molecule has 1 unspecified atom stereocenters. The monoisotopic (exact) mass is 383 g/mol. The average molecular weight is 383 g/mol. The van der Waals surface area contributed by atoms with Gasteiger partial charge in [0.2, 0.25) is 11.8 Å². The molecule has 1 aromatic rings. The summed E-state index contributed by atoms with van der Waals surface area (Å²) in [7, 11) is 0. The van der Waals surface area contributed by atoms with Crippen LogP contribution in [0.2, 0.25) is 0 Å². The van der Waals surface area contributed by atoms with Gasteiger partial charge in [0.25, 0.3) is 0 Å². The van der Waals surface area contributed by atoms with Gasteiger partial charge < -0.3 is 10.1 Å². The molecule has 2 fully saturated rings. The lowest BCUT2D eigenvalue weighted by molar-refractivity contribution is -0.150. The third-order valence-electron chi connectivity index (χ3n) is 5.92. The second-order valence-electron chi connectivity index (χ2n) is 7.72. The van der Waals surface area contributed by atoms with Crippen LogP contribution >= 0.6 is 0 Å². The molecule has 1 saturated carbocycles. The number of hydrogen-bond acceptors (Lipinski definition) is 5. The van der Waals surface area contributed by atoms with E-state index in [9.17, 15) is 14.4 Å². The van der Waals surface area contributed by atoms with Gasteiger partial charge in [-0.2, -0.15) is 5.10 Å². The lowest BCUT2D eigenvalue weighted by Crippen LogP contribution is -2.45. The van der Waals surface area contributed by atoms with Crippen molar-refractivity contribution >= 4 is 23.5 Å². The van der Waals surface area contributed by atoms with Crippen molar-refractivity contribution in [3.8, 4) is 0 Å². The zero-order chi connectivity index (χ0) is 19.6. The fourth-order valence-corrected chi connectivity index (χ4v) is 4.47. The van der Waals surface area contributed by atoms with E-state index < -0.39 is 11.5 Å². The van der Waals surface area contributed by atoms with E-state index in [0.717, 1.165) is 37.0 Å². The van der Waals surface area contributed by atoms with Crippen molar-refractivity contribution < 1.29 is 19.1 Å². The zero-order valence-electron chi connectivity index (χ0n) is 15.9. The molecule has 0 bridgehead atoms. The molecule has 7 heteroatoms. The van der Waals surface area contributed by atoms with Gasteiger partial charge in [-0.05, 0) is 31.2 Å². The van der Waals surface area contributed by atoms with E-state index in [1.54, 1.807) is 0 Å². The first-order chi connectivity index (χ1) is 13.6. The average Bonchev–Trinajstić information content (AvgIpc) is 3.30. The SMILES string of the molecule is O=C1CC(C(=O)NCCN2N=C(c3ccccc3)CCC2=O)C2(CCCC2)O1. The van der Waals surface area contributed by atoms with E-state index in [-0.39, 0.29) is 24.2 Å². The fourth-order valence-electron chi connectivity index (χ4n) is 4.47. The molecule has 1 saturated heterocycles. The Hall–Kier alpha value is -2.70. The topological polar surface area (TPSA) is 88.1 Å². The third-order valence-corrected chi connectivity index (χ3v) is 5.92. The molecule has 7 nitrogen and oxygen atoms in total. The Morgan fingerprint density at radius 3 is 2.68 bits per heavy atom. The Bertz CT molecular complexity index is 799. The number of benzene rings is 1. The van der Waals surface area contributed by atoms with Gasteiger partial charge in [-0.1, -0.05) is 30.3 Å². The summed E-state index contributed by atoms with van der Waals surface area (Å²) in [5.74, 6) is -0.918. The predicted octanol–water partition coefficient (Wildman–Crippen LogP) is 2.01. The number of ether oxygens (including phenoxy) is 1. The third kappa shape index (κ3) is 3.66. The molecular formula is C21H25N3O4. The first kappa shape index (κ1) is 18.7. The van der Waals surface area contributed by atoms with E-state index >= 15 is 0 Å². The van der Waals surface area contributed by atoms with Crippen molar-refractivity contribution in [3.05, 3.63) is 35.9 Å². The van der Waals surface area contributed by atoms with Crippen LogP contribution in [0.15, 0.2) is 35.4 Å². The summed E-state index contributed by atoms with van der Waals surface area (Å²) >= 11 is 0. The van der Waals surface area contributed by atoms with Gasteiger partial charge in [-0.3, -0.25) is 14.4 Å².